The van der Waals surface area contributed by atoms with Gasteiger partial charge >= 0.3 is 6.18 Å². The van der Waals surface area contributed by atoms with Crippen LogP contribution in [0.15, 0.2) is 43.0 Å². The predicted octanol–water partition coefficient (Wildman–Crippen LogP) is 3.53. The van der Waals surface area contributed by atoms with Crippen molar-refractivity contribution in [3.05, 3.63) is 60.1 Å². The second kappa shape index (κ2) is 6.07. The van der Waals surface area contributed by atoms with Gasteiger partial charge in [-0.1, -0.05) is 6.58 Å². The van der Waals surface area contributed by atoms with Crippen LogP contribution in [0, 0.1) is 5.82 Å². The number of carbonyl (C=O) groups excluding carboxylic acids is 1. The number of carbonyl (C=O) groups is 1. The summed E-state index contributed by atoms with van der Waals surface area (Å²) in [6.45, 7) is 3.40. The van der Waals surface area contributed by atoms with E-state index in [1.165, 1.54) is 12.1 Å². The topological polar surface area (TPSA) is 65.2 Å². The van der Waals surface area contributed by atoms with Crippen LogP contribution in [-0.4, -0.2) is 10.9 Å². The van der Waals surface area contributed by atoms with Crippen LogP contribution in [0.3, 0.4) is 0 Å². The maximum Gasteiger partial charge on any atom is 0.433 e. The van der Waals surface area contributed by atoms with Gasteiger partial charge in [-0.2, -0.15) is 13.2 Å². The van der Waals surface area contributed by atoms with Crippen molar-refractivity contribution in [2.75, 3.05) is 0 Å². The Kier molecular flexibility index (Phi) is 4.35. The zero-order chi connectivity index (χ0) is 17.2. The first-order chi connectivity index (χ1) is 10.7. The first-order valence-electron chi connectivity index (χ1n) is 6.19. The van der Waals surface area contributed by atoms with E-state index in [0.29, 0.717) is 6.07 Å². The largest absolute Gasteiger partial charge is 0.438 e. The van der Waals surface area contributed by atoms with Gasteiger partial charge in [-0.05, 0) is 36.4 Å². The highest BCUT2D eigenvalue weighted by Crippen LogP contribution is 2.34. The lowest BCUT2D eigenvalue weighted by molar-refractivity contribution is -0.141. The second-order valence-corrected chi connectivity index (χ2v) is 4.45. The number of alkyl halides is 3. The van der Waals surface area contributed by atoms with E-state index in [9.17, 15) is 22.4 Å². The molecule has 0 radical (unpaired) electrons. The number of hydrogen-bond acceptors (Lipinski definition) is 3. The molecule has 2 aromatic rings. The summed E-state index contributed by atoms with van der Waals surface area (Å²) in [7, 11) is 0. The Morgan fingerprint density at radius 3 is 2.26 bits per heavy atom. The molecule has 4 nitrogen and oxygen atoms in total. The molecule has 1 aromatic heterocycles. The zero-order valence-corrected chi connectivity index (χ0v) is 11.5. The molecule has 1 aromatic carbocycles. The van der Waals surface area contributed by atoms with Crippen LogP contribution in [0.2, 0.25) is 0 Å². The van der Waals surface area contributed by atoms with Crippen molar-refractivity contribution in [1.82, 2.24) is 4.98 Å². The minimum absolute atomic E-state index is 0.0387. The van der Waals surface area contributed by atoms with Crippen molar-refractivity contribution < 1.29 is 27.1 Å². The van der Waals surface area contributed by atoms with Crippen LogP contribution in [-0.2, 0) is 11.0 Å². The molecule has 0 aliphatic carbocycles. The van der Waals surface area contributed by atoms with Gasteiger partial charge in [0.1, 0.15) is 17.3 Å². The fourth-order valence-corrected chi connectivity index (χ4v) is 1.65. The molecule has 0 saturated carbocycles. The molecule has 2 rings (SSSR count). The van der Waals surface area contributed by atoms with Crippen LogP contribution in [0.25, 0.3) is 5.57 Å². The standard InChI is InChI=1S/C15H10F4N2O2/c1-8(13(20)22)11-6-7-12(15(17,18)19)21-14(11)23-10-4-2-9(16)3-5-10/h2-7H,1H2,(H2,20,22). The molecular weight excluding hydrogens is 316 g/mol. The van der Waals surface area contributed by atoms with Gasteiger partial charge in [-0.3, -0.25) is 4.79 Å². The van der Waals surface area contributed by atoms with Gasteiger partial charge < -0.3 is 10.5 Å². The van der Waals surface area contributed by atoms with Crippen molar-refractivity contribution in [3.63, 3.8) is 0 Å². The third-order valence-electron chi connectivity index (χ3n) is 2.80. The summed E-state index contributed by atoms with van der Waals surface area (Å²) in [5, 5.41) is 0. The third-order valence-corrected chi connectivity index (χ3v) is 2.80. The smallest absolute Gasteiger partial charge is 0.433 e. The summed E-state index contributed by atoms with van der Waals surface area (Å²) < 4.78 is 56.4. The van der Waals surface area contributed by atoms with E-state index >= 15 is 0 Å². The number of rotatable bonds is 4. The highest BCUT2D eigenvalue weighted by Gasteiger charge is 2.33. The molecule has 23 heavy (non-hydrogen) atoms. The minimum Gasteiger partial charge on any atom is -0.438 e. The van der Waals surface area contributed by atoms with E-state index in [1.807, 2.05) is 0 Å². The van der Waals surface area contributed by atoms with E-state index in [1.54, 1.807) is 0 Å². The molecule has 0 saturated heterocycles. The summed E-state index contributed by atoms with van der Waals surface area (Å²) in [5.74, 6) is -1.95. The molecule has 0 atom stereocenters. The van der Waals surface area contributed by atoms with E-state index in [-0.39, 0.29) is 16.9 Å². The highest BCUT2D eigenvalue weighted by atomic mass is 19.4. The number of hydrogen-bond donors (Lipinski definition) is 1. The number of nitrogens with zero attached hydrogens (tertiary/aromatic N) is 1. The number of benzene rings is 1. The molecule has 120 valence electrons. The second-order valence-electron chi connectivity index (χ2n) is 4.45. The van der Waals surface area contributed by atoms with Gasteiger partial charge in [0, 0.05) is 11.1 Å². The first kappa shape index (κ1) is 16.5. The Hall–Kier alpha value is -2.90. The molecule has 1 heterocycles. The number of amides is 1. The van der Waals surface area contributed by atoms with Crippen LogP contribution in [0.4, 0.5) is 17.6 Å². The number of primary amides is 1. The molecule has 0 bridgehead atoms. The van der Waals surface area contributed by atoms with E-state index in [0.717, 1.165) is 18.2 Å². The quantitative estimate of drug-likeness (QED) is 0.690. The highest BCUT2D eigenvalue weighted by molar-refractivity contribution is 6.18. The van der Waals surface area contributed by atoms with Crippen molar-refractivity contribution in [1.29, 1.82) is 0 Å². The Bertz CT molecular complexity index is 755. The lowest BCUT2D eigenvalue weighted by Crippen LogP contribution is -2.14. The summed E-state index contributed by atoms with van der Waals surface area (Å²) >= 11 is 0. The van der Waals surface area contributed by atoms with Crippen LogP contribution >= 0.6 is 0 Å². The number of ether oxygens (including phenoxy) is 1. The SMILES string of the molecule is C=C(C(N)=O)c1ccc(C(F)(F)F)nc1Oc1ccc(F)cc1. The normalized spacial score (nSPS) is 11.1. The van der Waals surface area contributed by atoms with Gasteiger partial charge in [0.15, 0.2) is 0 Å². The third kappa shape index (κ3) is 3.85. The van der Waals surface area contributed by atoms with Crippen LogP contribution < -0.4 is 10.5 Å². The maximum absolute atomic E-state index is 12.9. The van der Waals surface area contributed by atoms with Crippen LogP contribution in [0.1, 0.15) is 11.3 Å². The molecule has 0 aliphatic rings. The monoisotopic (exact) mass is 326 g/mol. The van der Waals surface area contributed by atoms with Gasteiger partial charge in [0.25, 0.3) is 0 Å². The minimum atomic E-state index is -4.70. The van der Waals surface area contributed by atoms with E-state index in [4.69, 9.17) is 10.5 Å². The molecule has 2 N–H and O–H groups in total. The van der Waals surface area contributed by atoms with Gasteiger partial charge in [0.2, 0.25) is 11.8 Å². The van der Waals surface area contributed by atoms with Crippen LogP contribution in [0.5, 0.6) is 11.6 Å². The van der Waals surface area contributed by atoms with Crippen molar-refractivity contribution in [2.24, 2.45) is 5.73 Å². The van der Waals surface area contributed by atoms with Crippen molar-refractivity contribution in [3.8, 4) is 11.6 Å². The number of aromatic nitrogens is 1. The average molecular weight is 326 g/mol. The molecule has 0 spiro atoms. The van der Waals surface area contributed by atoms with Crippen molar-refractivity contribution in [2.45, 2.75) is 6.18 Å². The van der Waals surface area contributed by atoms with Crippen molar-refractivity contribution >= 4 is 11.5 Å². The maximum atomic E-state index is 12.9. The molecular formula is C15H10F4N2O2. The fraction of sp³-hybridized carbons (Fsp3) is 0.0667. The Morgan fingerprint density at radius 2 is 1.74 bits per heavy atom. The Morgan fingerprint density at radius 1 is 1.13 bits per heavy atom. The Balaban J connectivity index is 2.49. The molecule has 0 unspecified atom stereocenters. The molecule has 1 amide bonds. The lowest BCUT2D eigenvalue weighted by atomic mass is 10.1. The first-order valence-corrected chi connectivity index (χ1v) is 6.19. The zero-order valence-electron chi connectivity index (χ0n) is 11.5. The lowest BCUT2D eigenvalue weighted by Gasteiger charge is -2.13. The predicted molar refractivity (Wildman–Crippen MR) is 73.9 cm³/mol. The number of pyridine rings is 1. The summed E-state index contributed by atoms with van der Waals surface area (Å²) in [4.78, 5) is 14.6. The van der Waals surface area contributed by atoms with Gasteiger partial charge in [-0.25, -0.2) is 9.37 Å². The van der Waals surface area contributed by atoms with Gasteiger partial charge in [0.05, 0.1) is 0 Å². The molecule has 8 heteroatoms. The van der Waals surface area contributed by atoms with E-state index < -0.39 is 29.5 Å². The van der Waals surface area contributed by atoms with Gasteiger partial charge in [-0.15, -0.1) is 0 Å². The number of nitrogens with two attached hydrogens (primary N) is 1. The summed E-state index contributed by atoms with van der Waals surface area (Å²) in [6.07, 6.45) is -4.70. The summed E-state index contributed by atoms with van der Waals surface area (Å²) in [6, 6.07) is 6.20. The average Bonchev–Trinajstić information content (AvgIpc) is 2.48. The molecule has 0 fully saturated rings. The number of halogens is 4. The van der Waals surface area contributed by atoms with E-state index in [2.05, 4.69) is 11.6 Å². The fourth-order valence-electron chi connectivity index (χ4n) is 1.65. The molecule has 0 aliphatic heterocycles. The Labute approximate surface area is 128 Å². The summed E-state index contributed by atoms with van der Waals surface area (Å²) in [5.41, 5.74) is 3.52.